The van der Waals surface area contributed by atoms with Gasteiger partial charge in [0.1, 0.15) is 0 Å². The molecule has 0 amide bonds. The van der Waals surface area contributed by atoms with Gasteiger partial charge >= 0.3 is 0 Å². The van der Waals surface area contributed by atoms with Crippen LogP contribution in [0.2, 0.25) is 0 Å². The van der Waals surface area contributed by atoms with Crippen LogP contribution in [0.25, 0.3) is 0 Å². The molecule has 1 N–H and O–H groups in total. The fourth-order valence-corrected chi connectivity index (χ4v) is 2.58. The smallest absolute Gasteiger partial charge is 0.165 e. The van der Waals surface area contributed by atoms with Gasteiger partial charge in [-0.25, -0.2) is 9.37 Å². The molecule has 1 aliphatic rings. The molecule has 112 valence electrons. The van der Waals surface area contributed by atoms with Gasteiger partial charge in [0.25, 0.3) is 0 Å². The summed E-state index contributed by atoms with van der Waals surface area (Å²) in [5.41, 5.74) is 0. The van der Waals surface area contributed by atoms with Crippen LogP contribution in [0.3, 0.4) is 0 Å². The van der Waals surface area contributed by atoms with Gasteiger partial charge in [-0.05, 0) is 24.6 Å². The molecule has 0 aromatic carbocycles. The van der Waals surface area contributed by atoms with E-state index in [1.165, 1.54) is 6.07 Å². The lowest BCUT2D eigenvalue weighted by molar-refractivity contribution is 0.126. The number of pyridine rings is 1. The van der Waals surface area contributed by atoms with E-state index < -0.39 is 0 Å². The number of likely N-dealkylation sites (N-methyl/N-ethyl adjacent to an activating group) is 1. The molecule has 2 rings (SSSR count). The molecular weight excluding hydrogens is 255 g/mol. The molecule has 1 saturated heterocycles. The first-order valence-electron chi connectivity index (χ1n) is 7.48. The number of nitrogens with one attached hydrogen (secondary N) is 1. The van der Waals surface area contributed by atoms with E-state index in [9.17, 15) is 4.39 Å². The number of piperazine rings is 1. The van der Waals surface area contributed by atoms with Crippen molar-refractivity contribution in [2.45, 2.75) is 13.8 Å². The molecule has 1 aromatic rings. The second-order valence-corrected chi connectivity index (χ2v) is 5.55. The van der Waals surface area contributed by atoms with Crippen LogP contribution in [0, 0.1) is 11.7 Å². The maximum Gasteiger partial charge on any atom is 0.165 e. The Bertz CT molecular complexity index is 405. The summed E-state index contributed by atoms with van der Waals surface area (Å²) in [5, 5.41) is 3.10. The van der Waals surface area contributed by atoms with Crippen molar-refractivity contribution < 1.29 is 4.39 Å². The summed E-state index contributed by atoms with van der Waals surface area (Å²) in [7, 11) is 0. The lowest BCUT2D eigenvalue weighted by Gasteiger charge is -2.35. The van der Waals surface area contributed by atoms with Crippen LogP contribution >= 0.6 is 0 Å². The SMILES string of the molecule is CCN1CCN(C[C@H](C)CNc2ncccc2F)CC1. The van der Waals surface area contributed by atoms with Crippen molar-refractivity contribution in [1.82, 2.24) is 14.8 Å². The molecule has 1 aromatic heterocycles. The van der Waals surface area contributed by atoms with Gasteiger partial charge in [0.05, 0.1) is 0 Å². The zero-order valence-corrected chi connectivity index (χ0v) is 12.5. The predicted octanol–water partition coefficient (Wildman–Crippen LogP) is 1.91. The standard InChI is InChI=1S/C15H25FN4/c1-3-19-7-9-20(10-8-19)12-13(2)11-18-15-14(16)5-4-6-17-15/h4-6,13H,3,7-12H2,1-2H3,(H,17,18)/t13-/m1/s1. The van der Waals surface area contributed by atoms with E-state index in [0.717, 1.165) is 45.8 Å². The minimum absolute atomic E-state index is 0.281. The van der Waals surface area contributed by atoms with Crippen molar-refractivity contribution in [3.63, 3.8) is 0 Å². The Balaban J connectivity index is 1.71. The van der Waals surface area contributed by atoms with Crippen LogP contribution in [0.4, 0.5) is 10.2 Å². The summed E-state index contributed by atoms with van der Waals surface area (Å²) >= 11 is 0. The molecule has 5 heteroatoms. The Morgan fingerprint density at radius 1 is 1.30 bits per heavy atom. The maximum absolute atomic E-state index is 13.4. The van der Waals surface area contributed by atoms with Crippen LogP contribution in [0.1, 0.15) is 13.8 Å². The molecule has 0 bridgehead atoms. The third kappa shape index (κ3) is 4.42. The Morgan fingerprint density at radius 3 is 2.65 bits per heavy atom. The molecule has 1 aliphatic heterocycles. The molecule has 0 aliphatic carbocycles. The van der Waals surface area contributed by atoms with E-state index in [0.29, 0.717) is 11.7 Å². The van der Waals surface area contributed by atoms with Crippen LogP contribution < -0.4 is 5.32 Å². The fraction of sp³-hybridized carbons (Fsp3) is 0.667. The number of halogens is 1. The highest BCUT2D eigenvalue weighted by atomic mass is 19.1. The summed E-state index contributed by atoms with van der Waals surface area (Å²) in [4.78, 5) is 8.98. The second-order valence-electron chi connectivity index (χ2n) is 5.55. The van der Waals surface area contributed by atoms with Crippen LogP contribution in [0.15, 0.2) is 18.3 Å². The van der Waals surface area contributed by atoms with Gasteiger partial charge in [0, 0.05) is 45.5 Å². The number of hydrogen-bond donors (Lipinski definition) is 1. The number of nitrogens with zero attached hydrogens (tertiary/aromatic N) is 3. The molecular formula is C15H25FN4. The highest BCUT2D eigenvalue weighted by molar-refractivity contribution is 5.35. The average Bonchev–Trinajstić information content (AvgIpc) is 2.47. The van der Waals surface area contributed by atoms with E-state index in [1.54, 1.807) is 12.3 Å². The van der Waals surface area contributed by atoms with Crippen LogP contribution in [-0.2, 0) is 0 Å². The molecule has 2 heterocycles. The molecule has 1 atom stereocenters. The van der Waals surface area contributed by atoms with Crippen molar-refractivity contribution in [1.29, 1.82) is 0 Å². The summed E-state index contributed by atoms with van der Waals surface area (Å²) < 4.78 is 13.4. The monoisotopic (exact) mass is 280 g/mol. The first-order valence-corrected chi connectivity index (χ1v) is 7.48. The number of hydrogen-bond acceptors (Lipinski definition) is 4. The van der Waals surface area contributed by atoms with Gasteiger partial charge in [0.2, 0.25) is 0 Å². The molecule has 0 saturated carbocycles. The van der Waals surface area contributed by atoms with Crippen LogP contribution in [-0.4, -0.2) is 60.6 Å². The number of anilines is 1. The second kappa shape index (κ2) is 7.55. The molecule has 0 radical (unpaired) electrons. The van der Waals surface area contributed by atoms with Crippen LogP contribution in [0.5, 0.6) is 0 Å². The lowest BCUT2D eigenvalue weighted by Crippen LogP contribution is -2.47. The van der Waals surface area contributed by atoms with Crippen molar-refractivity contribution in [3.8, 4) is 0 Å². The first kappa shape index (κ1) is 15.2. The number of aromatic nitrogens is 1. The predicted molar refractivity (Wildman–Crippen MR) is 80.4 cm³/mol. The first-order chi connectivity index (χ1) is 9.69. The summed E-state index contributed by atoms with van der Waals surface area (Å²) in [5.74, 6) is 0.552. The van der Waals surface area contributed by atoms with Crippen molar-refractivity contribution in [2.24, 2.45) is 5.92 Å². The van der Waals surface area contributed by atoms with Crippen molar-refractivity contribution in [3.05, 3.63) is 24.1 Å². The van der Waals surface area contributed by atoms with Gasteiger partial charge in [-0.15, -0.1) is 0 Å². The van der Waals surface area contributed by atoms with Gasteiger partial charge in [0.15, 0.2) is 11.6 Å². The molecule has 20 heavy (non-hydrogen) atoms. The summed E-state index contributed by atoms with van der Waals surface area (Å²) in [6, 6.07) is 3.04. The topological polar surface area (TPSA) is 31.4 Å². The Morgan fingerprint density at radius 2 is 2.00 bits per heavy atom. The highest BCUT2D eigenvalue weighted by Gasteiger charge is 2.17. The van der Waals surface area contributed by atoms with Gasteiger partial charge in [-0.3, -0.25) is 0 Å². The average molecular weight is 280 g/mol. The van der Waals surface area contributed by atoms with E-state index in [1.807, 2.05) is 0 Å². The maximum atomic E-state index is 13.4. The van der Waals surface area contributed by atoms with Crippen molar-refractivity contribution >= 4 is 5.82 Å². The van der Waals surface area contributed by atoms with Gasteiger partial charge < -0.3 is 15.1 Å². The quantitative estimate of drug-likeness (QED) is 0.862. The molecule has 0 spiro atoms. The normalized spacial score (nSPS) is 18.9. The number of rotatable bonds is 6. The Hall–Kier alpha value is -1.20. The Labute approximate surface area is 121 Å². The van der Waals surface area contributed by atoms with Gasteiger partial charge in [-0.2, -0.15) is 0 Å². The molecule has 1 fully saturated rings. The third-order valence-electron chi connectivity index (χ3n) is 3.86. The van der Waals surface area contributed by atoms with Crippen molar-refractivity contribution in [2.75, 3.05) is 51.1 Å². The summed E-state index contributed by atoms with van der Waals surface area (Å²) in [6.45, 7) is 11.9. The fourth-order valence-electron chi connectivity index (χ4n) is 2.58. The van der Waals surface area contributed by atoms with E-state index >= 15 is 0 Å². The zero-order chi connectivity index (χ0) is 14.4. The largest absolute Gasteiger partial charge is 0.367 e. The van der Waals surface area contributed by atoms with E-state index in [-0.39, 0.29) is 5.82 Å². The third-order valence-corrected chi connectivity index (χ3v) is 3.86. The highest BCUT2D eigenvalue weighted by Crippen LogP contribution is 2.10. The lowest BCUT2D eigenvalue weighted by atomic mass is 10.1. The van der Waals surface area contributed by atoms with E-state index in [4.69, 9.17) is 0 Å². The minimum atomic E-state index is -0.281. The van der Waals surface area contributed by atoms with E-state index in [2.05, 4.69) is 33.9 Å². The molecule has 4 nitrogen and oxygen atoms in total. The van der Waals surface area contributed by atoms with Gasteiger partial charge in [-0.1, -0.05) is 13.8 Å². The molecule has 0 unspecified atom stereocenters. The zero-order valence-electron chi connectivity index (χ0n) is 12.5. The summed E-state index contributed by atoms with van der Waals surface area (Å²) in [6.07, 6.45) is 1.61. The Kier molecular flexibility index (Phi) is 5.73. The minimum Gasteiger partial charge on any atom is -0.367 e.